The number of nitro groups is 1. The van der Waals surface area contributed by atoms with Gasteiger partial charge in [0.15, 0.2) is 0 Å². The van der Waals surface area contributed by atoms with Crippen LogP contribution in [0.3, 0.4) is 0 Å². The Hall–Kier alpha value is -2.86. The van der Waals surface area contributed by atoms with Gasteiger partial charge in [0.2, 0.25) is 0 Å². The normalized spacial score (nSPS) is 10.1. The van der Waals surface area contributed by atoms with Crippen molar-refractivity contribution in [2.75, 3.05) is 13.7 Å². The van der Waals surface area contributed by atoms with Gasteiger partial charge in [-0.15, -0.1) is 0 Å². The maximum atomic E-state index is 11.6. The molecule has 0 unspecified atom stereocenters. The number of azide groups is 1. The monoisotopic (exact) mass is 276 g/mol. The van der Waals surface area contributed by atoms with E-state index >= 15 is 0 Å². The van der Waals surface area contributed by atoms with Crippen molar-refractivity contribution in [3.63, 3.8) is 0 Å². The van der Waals surface area contributed by atoms with Crippen LogP contribution in [-0.4, -0.2) is 24.5 Å². The second-order valence-electron chi connectivity index (χ2n) is 3.77. The van der Waals surface area contributed by atoms with Crippen LogP contribution in [0.15, 0.2) is 23.3 Å². The molecule has 20 heavy (non-hydrogen) atoms. The van der Waals surface area contributed by atoms with E-state index in [1.807, 2.05) is 0 Å². The summed E-state index contributed by atoms with van der Waals surface area (Å²) in [6.45, 7) is 1.77. The van der Waals surface area contributed by atoms with Gasteiger partial charge in [0.25, 0.3) is 5.69 Å². The molecule has 0 atom stereocenters. The first-order valence-corrected chi connectivity index (χ1v) is 5.56. The van der Waals surface area contributed by atoms with Crippen molar-refractivity contribution >= 4 is 17.7 Å². The van der Waals surface area contributed by atoms with Gasteiger partial charge in [-0.3, -0.25) is 10.1 Å². The number of carbonyl (C=O) groups excluding carboxylic acids is 1. The van der Waals surface area contributed by atoms with Crippen molar-refractivity contribution in [2.24, 2.45) is 5.11 Å². The van der Waals surface area contributed by atoms with Gasteiger partial charge in [-0.1, -0.05) is 17.3 Å². The van der Waals surface area contributed by atoms with E-state index in [0.29, 0.717) is 11.1 Å². The lowest BCUT2D eigenvalue weighted by Gasteiger charge is -2.07. The molecular weight excluding hydrogens is 264 g/mol. The van der Waals surface area contributed by atoms with Gasteiger partial charge < -0.3 is 4.74 Å². The fraction of sp³-hybridized carbons (Fsp3) is 0.250. The highest BCUT2D eigenvalue weighted by atomic mass is 16.6. The molecule has 1 rings (SSSR count). The predicted molar refractivity (Wildman–Crippen MR) is 72.2 cm³/mol. The zero-order valence-corrected chi connectivity index (χ0v) is 10.9. The quantitative estimate of drug-likeness (QED) is 0.205. The summed E-state index contributed by atoms with van der Waals surface area (Å²) in [7, 11) is 1.21. The third-order valence-electron chi connectivity index (χ3n) is 2.60. The van der Waals surface area contributed by atoms with Gasteiger partial charge in [-0.05, 0) is 23.6 Å². The number of hydrogen-bond acceptors (Lipinski definition) is 5. The maximum Gasteiger partial charge on any atom is 0.338 e. The fourth-order valence-corrected chi connectivity index (χ4v) is 1.58. The van der Waals surface area contributed by atoms with Crippen molar-refractivity contribution in [3.8, 4) is 0 Å². The number of benzene rings is 1. The van der Waals surface area contributed by atoms with Gasteiger partial charge in [0.05, 0.1) is 17.6 Å². The van der Waals surface area contributed by atoms with E-state index in [-0.39, 0.29) is 17.8 Å². The summed E-state index contributed by atoms with van der Waals surface area (Å²) >= 11 is 0. The van der Waals surface area contributed by atoms with Crippen LogP contribution in [0.4, 0.5) is 5.69 Å². The van der Waals surface area contributed by atoms with E-state index in [1.54, 1.807) is 19.1 Å². The Kier molecular flexibility index (Phi) is 5.25. The minimum Gasteiger partial charge on any atom is -0.465 e. The molecule has 0 aromatic heterocycles. The summed E-state index contributed by atoms with van der Waals surface area (Å²) in [5.74, 6) is -0.643. The van der Waals surface area contributed by atoms with E-state index in [4.69, 9.17) is 5.53 Å². The molecule has 8 heteroatoms. The molecule has 104 valence electrons. The average molecular weight is 276 g/mol. The molecule has 0 fully saturated rings. The van der Waals surface area contributed by atoms with Gasteiger partial charge >= 0.3 is 5.97 Å². The number of nitro benzene ring substituents is 1. The number of non-ortho nitro benzene ring substituents is 1. The number of carbonyl (C=O) groups is 1. The predicted octanol–water partition coefficient (Wildman–Crippen LogP) is 3.01. The van der Waals surface area contributed by atoms with Crippen LogP contribution < -0.4 is 0 Å². The first-order chi connectivity index (χ1) is 9.51. The van der Waals surface area contributed by atoms with Gasteiger partial charge in [-0.25, -0.2) is 4.79 Å². The molecule has 1 aromatic carbocycles. The summed E-state index contributed by atoms with van der Waals surface area (Å²) in [4.78, 5) is 24.5. The maximum absolute atomic E-state index is 11.6. The number of methoxy groups -OCH3 is 1. The second kappa shape index (κ2) is 6.91. The Bertz CT molecular complexity index is 618. The third kappa shape index (κ3) is 3.56. The van der Waals surface area contributed by atoms with Gasteiger partial charge in [-0.2, -0.15) is 0 Å². The molecule has 0 saturated heterocycles. The summed E-state index contributed by atoms with van der Waals surface area (Å²) < 4.78 is 4.60. The molecule has 0 amide bonds. The van der Waals surface area contributed by atoms with E-state index in [1.165, 1.54) is 19.2 Å². The SMILES string of the molecule is COC(=O)c1cc([N+](=O)[O-])cc(C=CCN=[N+]=[N-])c1C. The molecule has 0 spiro atoms. The Labute approximate surface area is 114 Å². The molecule has 0 bridgehead atoms. The lowest BCUT2D eigenvalue weighted by atomic mass is 10.0. The van der Waals surface area contributed by atoms with Crippen molar-refractivity contribution in [1.29, 1.82) is 0 Å². The lowest BCUT2D eigenvalue weighted by molar-refractivity contribution is -0.384. The Morgan fingerprint density at radius 2 is 2.30 bits per heavy atom. The topological polar surface area (TPSA) is 118 Å². The smallest absolute Gasteiger partial charge is 0.338 e. The van der Waals surface area contributed by atoms with Crippen molar-refractivity contribution in [2.45, 2.75) is 6.92 Å². The summed E-state index contributed by atoms with van der Waals surface area (Å²) in [5.41, 5.74) is 9.13. The summed E-state index contributed by atoms with van der Waals surface area (Å²) in [6, 6.07) is 2.51. The molecule has 0 aliphatic heterocycles. The minimum absolute atomic E-state index is 0.117. The van der Waals surface area contributed by atoms with Crippen LogP contribution in [0, 0.1) is 17.0 Å². The van der Waals surface area contributed by atoms with Crippen LogP contribution in [0.5, 0.6) is 0 Å². The van der Waals surface area contributed by atoms with E-state index < -0.39 is 10.9 Å². The summed E-state index contributed by atoms with van der Waals surface area (Å²) in [6.07, 6.45) is 3.11. The number of nitrogens with zero attached hydrogens (tertiary/aromatic N) is 4. The van der Waals surface area contributed by atoms with Crippen LogP contribution in [-0.2, 0) is 4.74 Å². The molecule has 0 aliphatic rings. The molecule has 8 nitrogen and oxygen atoms in total. The number of ether oxygens (including phenoxy) is 1. The zero-order valence-electron chi connectivity index (χ0n) is 10.9. The van der Waals surface area contributed by atoms with Crippen molar-refractivity contribution in [1.82, 2.24) is 0 Å². The Morgan fingerprint density at radius 1 is 1.60 bits per heavy atom. The number of hydrogen-bond donors (Lipinski definition) is 0. The van der Waals surface area contributed by atoms with Crippen molar-refractivity contribution in [3.05, 3.63) is 55.5 Å². The number of rotatable bonds is 5. The molecular formula is C12H12N4O4. The van der Waals surface area contributed by atoms with Crippen molar-refractivity contribution < 1.29 is 14.5 Å². The highest BCUT2D eigenvalue weighted by molar-refractivity contribution is 5.93. The van der Waals surface area contributed by atoms with Gasteiger partial charge in [0.1, 0.15) is 0 Å². The Morgan fingerprint density at radius 3 is 2.85 bits per heavy atom. The van der Waals surface area contributed by atoms with E-state index in [0.717, 1.165) is 0 Å². The lowest BCUT2D eigenvalue weighted by Crippen LogP contribution is -2.06. The first-order valence-electron chi connectivity index (χ1n) is 5.56. The minimum atomic E-state index is -0.643. The molecule has 0 heterocycles. The average Bonchev–Trinajstić information content (AvgIpc) is 2.44. The van der Waals surface area contributed by atoms with Crippen LogP contribution in [0.2, 0.25) is 0 Å². The number of esters is 1. The van der Waals surface area contributed by atoms with Crippen LogP contribution in [0.25, 0.3) is 16.5 Å². The first kappa shape index (κ1) is 15.2. The Balaban J connectivity index is 3.31. The van der Waals surface area contributed by atoms with E-state index in [9.17, 15) is 14.9 Å². The van der Waals surface area contributed by atoms with E-state index in [2.05, 4.69) is 14.8 Å². The largest absolute Gasteiger partial charge is 0.465 e. The van der Waals surface area contributed by atoms with Gasteiger partial charge in [0, 0.05) is 23.6 Å². The fourth-order valence-electron chi connectivity index (χ4n) is 1.58. The third-order valence-corrected chi connectivity index (χ3v) is 2.60. The molecule has 0 aliphatic carbocycles. The second-order valence-corrected chi connectivity index (χ2v) is 3.77. The molecule has 0 N–H and O–H groups in total. The highest BCUT2D eigenvalue weighted by Gasteiger charge is 2.18. The molecule has 0 radical (unpaired) electrons. The van der Waals surface area contributed by atoms with Crippen LogP contribution in [0.1, 0.15) is 21.5 Å². The summed E-state index contributed by atoms with van der Waals surface area (Å²) in [5, 5.41) is 14.2. The standard InChI is InChI=1S/C12H12N4O4/c1-8-9(4-3-5-14-15-13)6-10(16(18)19)7-11(8)12(17)20-2/h3-4,6-7H,5H2,1-2H3. The highest BCUT2D eigenvalue weighted by Crippen LogP contribution is 2.24. The van der Waals surface area contributed by atoms with Crippen LogP contribution >= 0.6 is 0 Å². The zero-order chi connectivity index (χ0) is 15.1. The molecule has 1 aromatic rings. The molecule has 0 saturated carbocycles.